The van der Waals surface area contributed by atoms with Crippen molar-refractivity contribution < 1.29 is 14.3 Å². The number of aromatic nitrogens is 3. The Hall–Kier alpha value is -3.17. The molecule has 0 fully saturated rings. The number of hydrogen-bond acceptors (Lipinski definition) is 6. The van der Waals surface area contributed by atoms with Gasteiger partial charge >= 0.3 is 5.97 Å². The van der Waals surface area contributed by atoms with Gasteiger partial charge in [-0.05, 0) is 60.7 Å². The predicted molar refractivity (Wildman–Crippen MR) is 117 cm³/mol. The molecular weight excluding hydrogens is 468 g/mol. The summed E-state index contributed by atoms with van der Waals surface area (Å²) in [6.07, 6.45) is 3.04. The van der Waals surface area contributed by atoms with Gasteiger partial charge in [0.15, 0.2) is 12.3 Å². The molecule has 30 heavy (non-hydrogen) atoms. The Kier molecular flexibility index (Phi) is 6.10. The van der Waals surface area contributed by atoms with Gasteiger partial charge in [-0.2, -0.15) is 0 Å². The number of esters is 1. The molecule has 9 heteroatoms. The fraction of sp³-hybridized carbons (Fsp3) is 0.0476. The minimum absolute atomic E-state index is 0.310. The molecular formula is C21H15BrN4O3S. The highest BCUT2D eigenvalue weighted by Crippen LogP contribution is 2.29. The van der Waals surface area contributed by atoms with E-state index in [0.29, 0.717) is 16.9 Å². The number of nitrogens with zero attached hydrogens (tertiary/aromatic N) is 3. The third kappa shape index (κ3) is 5.05. The molecule has 0 saturated carbocycles. The monoisotopic (exact) mass is 482 g/mol. The summed E-state index contributed by atoms with van der Waals surface area (Å²) >= 11 is 5.04. The lowest BCUT2D eigenvalue weighted by Crippen LogP contribution is -2.21. The Morgan fingerprint density at radius 1 is 1.00 bits per heavy atom. The molecule has 150 valence electrons. The van der Waals surface area contributed by atoms with E-state index in [9.17, 15) is 9.59 Å². The lowest BCUT2D eigenvalue weighted by molar-refractivity contribution is -0.119. The molecule has 1 N–H and O–H groups in total. The molecule has 2 heterocycles. The number of pyridine rings is 1. The van der Waals surface area contributed by atoms with Crippen molar-refractivity contribution in [2.45, 2.75) is 9.79 Å². The molecule has 2 aromatic heterocycles. The van der Waals surface area contributed by atoms with Gasteiger partial charge in [-0.25, -0.2) is 4.79 Å². The van der Waals surface area contributed by atoms with Gasteiger partial charge in [0.25, 0.3) is 5.91 Å². The van der Waals surface area contributed by atoms with Crippen molar-refractivity contribution in [1.29, 1.82) is 0 Å². The van der Waals surface area contributed by atoms with E-state index in [1.165, 1.54) is 6.33 Å². The van der Waals surface area contributed by atoms with Crippen LogP contribution in [-0.2, 0) is 9.53 Å². The summed E-state index contributed by atoms with van der Waals surface area (Å²) in [5, 5.41) is 10.3. The second-order valence-electron chi connectivity index (χ2n) is 6.22. The molecule has 2 aromatic carbocycles. The SMILES string of the molecule is O=C(COC(=O)c1ccc2nncn2c1)Nc1ccc(Sc2ccc(Br)cc2)cc1. The van der Waals surface area contributed by atoms with E-state index in [-0.39, 0.29) is 6.61 Å². The van der Waals surface area contributed by atoms with E-state index in [1.807, 2.05) is 36.4 Å². The van der Waals surface area contributed by atoms with Crippen molar-refractivity contribution in [3.8, 4) is 0 Å². The summed E-state index contributed by atoms with van der Waals surface area (Å²) in [5.74, 6) is -1.01. The number of hydrogen-bond donors (Lipinski definition) is 1. The minimum atomic E-state index is -0.595. The number of anilines is 1. The smallest absolute Gasteiger partial charge is 0.340 e. The molecule has 0 spiro atoms. The molecule has 0 radical (unpaired) electrons. The zero-order chi connectivity index (χ0) is 20.9. The van der Waals surface area contributed by atoms with Gasteiger partial charge in [0.2, 0.25) is 0 Å². The summed E-state index contributed by atoms with van der Waals surface area (Å²) < 4.78 is 7.72. The molecule has 1 amide bonds. The van der Waals surface area contributed by atoms with Gasteiger partial charge in [-0.15, -0.1) is 10.2 Å². The average Bonchev–Trinajstić information content (AvgIpc) is 3.23. The first-order valence-electron chi connectivity index (χ1n) is 8.87. The summed E-state index contributed by atoms with van der Waals surface area (Å²) in [7, 11) is 0. The first-order chi connectivity index (χ1) is 14.6. The molecule has 0 atom stereocenters. The van der Waals surface area contributed by atoms with E-state index in [2.05, 4.69) is 31.4 Å². The normalized spacial score (nSPS) is 10.7. The standard InChI is InChI=1S/C21H15BrN4O3S/c22-15-2-6-17(7-3-15)30-18-8-4-16(5-9-18)24-20(27)12-29-21(28)14-1-10-19-25-23-13-26(19)11-14/h1-11,13H,12H2,(H,24,27). The molecule has 0 bridgehead atoms. The van der Waals surface area contributed by atoms with Crippen LogP contribution in [0.3, 0.4) is 0 Å². The van der Waals surface area contributed by atoms with Crippen LogP contribution >= 0.6 is 27.7 Å². The number of amides is 1. The number of nitrogens with one attached hydrogen (secondary N) is 1. The highest BCUT2D eigenvalue weighted by Gasteiger charge is 2.12. The van der Waals surface area contributed by atoms with Crippen LogP contribution in [0.4, 0.5) is 5.69 Å². The first-order valence-corrected chi connectivity index (χ1v) is 10.5. The summed E-state index contributed by atoms with van der Waals surface area (Å²) in [5.41, 5.74) is 1.55. The fourth-order valence-electron chi connectivity index (χ4n) is 2.60. The second-order valence-corrected chi connectivity index (χ2v) is 8.28. The van der Waals surface area contributed by atoms with E-state index in [1.54, 1.807) is 46.6 Å². The highest BCUT2D eigenvalue weighted by atomic mass is 79.9. The lowest BCUT2D eigenvalue weighted by Gasteiger charge is -2.08. The number of halogens is 1. The van der Waals surface area contributed by atoms with E-state index in [0.717, 1.165) is 14.3 Å². The van der Waals surface area contributed by atoms with Gasteiger partial charge in [-0.1, -0.05) is 27.7 Å². The van der Waals surface area contributed by atoms with Crippen LogP contribution in [0.25, 0.3) is 5.65 Å². The topological polar surface area (TPSA) is 85.6 Å². The molecule has 0 aliphatic heterocycles. The van der Waals surface area contributed by atoms with Gasteiger partial charge in [0.1, 0.15) is 6.33 Å². The van der Waals surface area contributed by atoms with E-state index in [4.69, 9.17) is 4.74 Å². The Morgan fingerprint density at radius 2 is 1.70 bits per heavy atom. The summed E-state index contributed by atoms with van der Waals surface area (Å²) in [6.45, 7) is -0.381. The Bertz CT molecular complexity index is 1190. The minimum Gasteiger partial charge on any atom is -0.452 e. The predicted octanol–water partition coefficient (Wildman–Crippen LogP) is 4.44. The van der Waals surface area contributed by atoms with Crippen molar-refractivity contribution in [3.05, 3.63) is 83.2 Å². The molecule has 0 unspecified atom stereocenters. The Morgan fingerprint density at radius 3 is 2.43 bits per heavy atom. The highest BCUT2D eigenvalue weighted by molar-refractivity contribution is 9.10. The Labute approximate surface area is 184 Å². The van der Waals surface area contributed by atoms with Crippen LogP contribution in [-0.4, -0.2) is 33.1 Å². The number of carbonyl (C=O) groups is 2. The maximum absolute atomic E-state index is 12.1. The fourth-order valence-corrected chi connectivity index (χ4v) is 3.69. The molecule has 7 nitrogen and oxygen atoms in total. The van der Waals surface area contributed by atoms with E-state index >= 15 is 0 Å². The second kappa shape index (κ2) is 9.10. The molecule has 4 rings (SSSR count). The zero-order valence-corrected chi connectivity index (χ0v) is 17.9. The molecule has 4 aromatic rings. The van der Waals surface area contributed by atoms with Crippen molar-refractivity contribution in [3.63, 3.8) is 0 Å². The third-order valence-electron chi connectivity index (χ3n) is 4.05. The number of fused-ring (bicyclic) bond motifs is 1. The molecule has 0 aliphatic rings. The van der Waals surface area contributed by atoms with Crippen LogP contribution in [0.5, 0.6) is 0 Å². The zero-order valence-electron chi connectivity index (χ0n) is 15.5. The molecule has 0 aliphatic carbocycles. The number of carbonyl (C=O) groups excluding carboxylic acids is 2. The first kappa shape index (κ1) is 20.1. The van der Waals surface area contributed by atoms with Gasteiger partial charge in [0, 0.05) is 26.1 Å². The number of benzene rings is 2. The largest absolute Gasteiger partial charge is 0.452 e. The number of ether oxygens (including phenoxy) is 1. The molecule has 0 saturated heterocycles. The van der Waals surface area contributed by atoms with Crippen LogP contribution < -0.4 is 5.32 Å². The van der Waals surface area contributed by atoms with Gasteiger partial charge in [-0.3, -0.25) is 9.20 Å². The third-order valence-corrected chi connectivity index (χ3v) is 5.59. The lowest BCUT2D eigenvalue weighted by atomic mass is 10.3. The van der Waals surface area contributed by atoms with Crippen molar-refractivity contribution >= 4 is 50.9 Å². The maximum Gasteiger partial charge on any atom is 0.340 e. The van der Waals surface area contributed by atoms with Crippen LogP contribution in [0.15, 0.2) is 87.5 Å². The maximum atomic E-state index is 12.1. The van der Waals surface area contributed by atoms with E-state index < -0.39 is 11.9 Å². The van der Waals surface area contributed by atoms with Crippen LogP contribution in [0.2, 0.25) is 0 Å². The summed E-state index contributed by atoms with van der Waals surface area (Å²) in [4.78, 5) is 26.4. The Balaban J connectivity index is 1.29. The van der Waals surface area contributed by atoms with Gasteiger partial charge in [0.05, 0.1) is 5.56 Å². The van der Waals surface area contributed by atoms with Crippen LogP contribution in [0, 0.1) is 0 Å². The van der Waals surface area contributed by atoms with Crippen molar-refractivity contribution in [2.75, 3.05) is 11.9 Å². The van der Waals surface area contributed by atoms with Crippen LogP contribution in [0.1, 0.15) is 10.4 Å². The van der Waals surface area contributed by atoms with Crippen molar-refractivity contribution in [1.82, 2.24) is 14.6 Å². The van der Waals surface area contributed by atoms with Gasteiger partial charge < -0.3 is 10.1 Å². The quantitative estimate of drug-likeness (QED) is 0.409. The summed E-state index contributed by atoms with van der Waals surface area (Å²) in [6, 6.07) is 18.7. The average molecular weight is 483 g/mol. The number of rotatable bonds is 6. The van der Waals surface area contributed by atoms with Crippen molar-refractivity contribution in [2.24, 2.45) is 0 Å².